The molecule has 2 N–H and O–H groups in total. The third-order valence-corrected chi connectivity index (χ3v) is 3.29. The molecular weight excluding hydrogens is 238 g/mol. The molecule has 0 atom stereocenters. The summed E-state index contributed by atoms with van der Waals surface area (Å²) in [6, 6.07) is 0. The van der Waals surface area contributed by atoms with Crippen LogP contribution in [-0.4, -0.2) is 26.1 Å². The first kappa shape index (κ1) is 11.7. The van der Waals surface area contributed by atoms with Crippen molar-refractivity contribution in [2.75, 3.05) is 0 Å². The number of hydrogen-bond donors (Lipinski definition) is 2. The number of aromatic amines is 1. The average Bonchev–Trinajstić information content (AvgIpc) is 2.86. The fourth-order valence-electron chi connectivity index (χ4n) is 1.37. The van der Waals surface area contributed by atoms with Gasteiger partial charge in [0.2, 0.25) is 5.82 Å². The number of rotatable bonds is 3. The Hall–Kier alpha value is -1.76. The van der Waals surface area contributed by atoms with Gasteiger partial charge in [-0.3, -0.25) is 9.89 Å². The third kappa shape index (κ3) is 2.50. The van der Waals surface area contributed by atoms with Crippen LogP contribution in [0.2, 0.25) is 0 Å². The van der Waals surface area contributed by atoms with Gasteiger partial charge < -0.3 is 5.32 Å². The summed E-state index contributed by atoms with van der Waals surface area (Å²) in [5, 5.41) is 12.0. The van der Waals surface area contributed by atoms with Gasteiger partial charge in [-0.1, -0.05) is 0 Å². The standard InChI is InChI=1S/C10H13N5OS/c1-6-12-7(15-14-6)8(16)13-10(2,3)9-11-4-5-17-9/h4-5H,1-3H3,(H,13,16)(H,12,14,15). The lowest BCUT2D eigenvalue weighted by Gasteiger charge is -2.22. The minimum absolute atomic E-state index is 0.145. The van der Waals surface area contributed by atoms with Crippen LogP contribution in [0.3, 0.4) is 0 Å². The second-order valence-electron chi connectivity index (χ2n) is 4.16. The van der Waals surface area contributed by atoms with Gasteiger partial charge in [0.15, 0.2) is 0 Å². The molecule has 2 aromatic heterocycles. The number of nitrogens with zero attached hydrogens (tertiary/aromatic N) is 3. The number of aromatic nitrogens is 4. The number of amides is 1. The minimum atomic E-state index is -0.528. The van der Waals surface area contributed by atoms with Crippen molar-refractivity contribution in [3.63, 3.8) is 0 Å². The van der Waals surface area contributed by atoms with Gasteiger partial charge >= 0.3 is 0 Å². The van der Waals surface area contributed by atoms with Crippen molar-refractivity contribution in [2.45, 2.75) is 26.3 Å². The predicted octanol–water partition coefficient (Wildman–Crippen LogP) is 1.23. The first-order valence-electron chi connectivity index (χ1n) is 5.10. The number of hydrogen-bond acceptors (Lipinski definition) is 5. The maximum absolute atomic E-state index is 11.9. The van der Waals surface area contributed by atoms with Crippen LogP contribution in [-0.2, 0) is 5.54 Å². The Kier molecular flexibility index (Phi) is 2.93. The SMILES string of the molecule is Cc1nc(C(=O)NC(C)(C)c2nccs2)n[nH]1. The van der Waals surface area contributed by atoms with Crippen molar-refractivity contribution in [3.05, 3.63) is 28.2 Å². The van der Waals surface area contributed by atoms with Crippen molar-refractivity contribution >= 4 is 17.2 Å². The zero-order chi connectivity index (χ0) is 12.5. The molecule has 90 valence electrons. The van der Waals surface area contributed by atoms with E-state index < -0.39 is 5.54 Å². The summed E-state index contributed by atoms with van der Waals surface area (Å²) in [5.74, 6) is 0.448. The van der Waals surface area contributed by atoms with Crippen molar-refractivity contribution in [1.29, 1.82) is 0 Å². The van der Waals surface area contributed by atoms with E-state index in [1.165, 1.54) is 11.3 Å². The maximum atomic E-state index is 11.9. The van der Waals surface area contributed by atoms with Crippen molar-refractivity contribution in [2.24, 2.45) is 0 Å². The summed E-state index contributed by atoms with van der Waals surface area (Å²) in [6.45, 7) is 5.53. The number of carbonyl (C=O) groups is 1. The van der Waals surface area contributed by atoms with E-state index in [1.54, 1.807) is 13.1 Å². The van der Waals surface area contributed by atoms with Gasteiger partial charge in [0.05, 0.1) is 5.54 Å². The van der Waals surface area contributed by atoms with Gasteiger partial charge in [-0.15, -0.1) is 16.4 Å². The van der Waals surface area contributed by atoms with E-state index in [9.17, 15) is 4.79 Å². The molecule has 0 unspecified atom stereocenters. The molecule has 1 amide bonds. The molecule has 0 fully saturated rings. The predicted molar refractivity (Wildman–Crippen MR) is 63.7 cm³/mol. The van der Waals surface area contributed by atoms with Crippen molar-refractivity contribution < 1.29 is 4.79 Å². The molecule has 0 saturated heterocycles. The third-order valence-electron chi connectivity index (χ3n) is 2.19. The molecule has 7 heteroatoms. The molecule has 0 aliphatic carbocycles. The summed E-state index contributed by atoms with van der Waals surface area (Å²) < 4.78 is 0. The van der Waals surface area contributed by atoms with E-state index in [-0.39, 0.29) is 11.7 Å². The smallest absolute Gasteiger partial charge is 0.291 e. The summed E-state index contributed by atoms with van der Waals surface area (Å²) in [6.07, 6.45) is 1.71. The highest BCUT2D eigenvalue weighted by molar-refractivity contribution is 7.09. The molecule has 0 spiro atoms. The number of thiazole rings is 1. The summed E-state index contributed by atoms with van der Waals surface area (Å²) in [5.41, 5.74) is -0.528. The van der Waals surface area contributed by atoms with Crippen LogP contribution >= 0.6 is 11.3 Å². The second-order valence-corrected chi connectivity index (χ2v) is 5.06. The van der Waals surface area contributed by atoms with E-state index in [0.717, 1.165) is 5.01 Å². The van der Waals surface area contributed by atoms with Gasteiger partial charge in [-0.05, 0) is 20.8 Å². The van der Waals surface area contributed by atoms with Crippen LogP contribution in [0.5, 0.6) is 0 Å². The number of nitrogens with one attached hydrogen (secondary N) is 2. The largest absolute Gasteiger partial charge is 0.338 e. The average molecular weight is 251 g/mol. The molecule has 17 heavy (non-hydrogen) atoms. The number of H-pyrrole nitrogens is 1. The maximum Gasteiger partial charge on any atom is 0.291 e. The number of carbonyl (C=O) groups excluding carboxylic acids is 1. The topological polar surface area (TPSA) is 83.6 Å². The molecule has 0 radical (unpaired) electrons. The first-order valence-corrected chi connectivity index (χ1v) is 5.98. The number of aryl methyl sites for hydroxylation is 1. The fraction of sp³-hybridized carbons (Fsp3) is 0.400. The summed E-state index contributed by atoms with van der Waals surface area (Å²) >= 11 is 1.50. The van der Waals surface area contributed by atoms with Gasteiger partial charge in [-0.2, -0.15) is 0 Å². The molecule has 0 saturated carbocycles. The van der Waals surface area contributed by atoms with Crippen LogP contribution < -0.4 is 5.32 Å². The molecule has 2 heterocycles. The lowest BCUT2D eigenvalue weighted by molar-refractivity contribution is 0.0901. The highest BCUT2D eigenvalue weighted by Crippen LogP contribution is 2.22. The van der Waals surface area contributed by atoms with E-state index in [1.807, 2.05) is 19.2 Å². The van der Waals surface area contributed by atoms with Crippen molar-refractivity contribution in [3.8, 4) is 0 Å². The normalized spacial score (nSPS) is 11.5. The lowest BCUT2D eigenvalue weighted by atomic mass is 10.1. The van der Waals surface area contributed by atoms with Gasteiger partial charge in [0.25, 0.3) is 5.91 Å². The lowest BCUT2D eigenvalue weighted by Crippen LogP contribution is -2.41. The van der Waals surface area contributed by atoms with Crippen LogP contribution in [0.1, 0.15) is 35.3 Å². The minimum Gasteiger partial charge on any atom is -0.338 e. The highest BCUT2D eigenvalue weighted by atomic mass is 32.1. The van der Waals surface area contributed by atoms with Gasteiger partial charge in [0.1, 0.15) is 10.8 Å². The molecule has 0 aliphatic heterocycles. The Balaban J connectivity index is 2.13. The molecule has 6 nitrogen and oxygen atoms in total. The Morgan fingerprint density at radius 1 is 1.53 bits per heavy atom. The summed E-state index contributed by atoms with van der Waals surface area (Å²) in [4.78, 5) is 20.1. The molecule has 0 aliphatic rings. The van der Waals surface area contributed by atoms with E-state index >= 15 is 0 Å². The van der Waals surface area contributed by atoms with E-state index in [0.29, 0.717) is 5.82 Å². The molecule has 0 aromatic carbocycles. The van der Waals surface area contributed by atoms with E-state index in [4.69, 9.17) is 0 Å². The molecule has 0 bridgehead atoms. The van der Waals surface area contributed by atoms with Crippen LogP contribution in [0.15, 0.2) is 11.6 Å². The zero-order valence-corrected chi connectivity index (χ0v) is 10.6. The van der Waals surface area contributed by atoms with Gasteiger partial charge in [-0.25, -0.2) is 9.97 Å². The van der Waals surface area contributed by atoms with Crippen LogP contribution in [0, 0.1) is 6.92 Å². The van der Waals surface area contributed by atoms with Gasteiger partial charge in [0, 0.05) is 11.6 Å². The molecule has 2 rings (SSSR count). The highest BCUT2D eigenvalue weighted by Gasteiger charge is 2.27. The Morgan fingerprint density at radius 3 is 2.82 bits per heavy atom. The van der Waals surface area contributed by atoms with Crippen LogP contribution in [0.25, 0.3) is 0 Å². The van der Waals surface area contributed by atoms with Crippen LogP contribution in [0.4, 0.5) is 0 Å². The monoisotopic (exact) mass is 251 g/mol. The van der Waals surface area contributed by atoms with Crippen molar-refractivity contribution in [1.82, 2.24) is 25.5 Å². The second kappa shape index (κ2) is 4.25. The Labute approximate surface area is 103 Å². The first-order chi connectivity index (χ1) is 7.99. The summed E-state index contributed by atoms with van der Waals surface area (Å²) in [7, 11) is 0. The Morgan fingerprint density at radius 2 is 2.29 bits per heavy atom. The quantitative estimate of drug-likeness (QED) is 0.859. The fourth-order valence-corrected chi connectivity index (χ4v) is 2.09. The molecule has 2 aromatic rings. The Bertz CT molecular complexity index is 517. The molecular formula is C10H13N5OS. The van der Waals surface area contributed by atoms with E-state index in [2.05, 4.69) is 25.5 Å². The zero-order valence-electron chi connectivity index (χ0n) is 9.81.